The first kappa shape index (κ1) is 13.8. The Morgan fingerprint density at radius 2 is 2.05 bits per heavy atom. The number of nitrogens with zero attached hydrogens (tertiary/aromatic N) is 4. The second kappa shape index (κ2) is 6.09. The zero-order valence-electron chi connectivity index (χ0n) is 11.3. The highest BCUT2D eigenvalue weighted by Crippen LogP contribution is 2.22. The molecule has 6 nitrogen and oxygen atoms in total. The summed E-state index contributed by atoms with van der Waals surface area (Å²) < 4.78 is 3.93. The summed E-state index contributed by atoms with van der Waals surface area (Å²) in [6, 6.07) is 7.33. The van der Waals surface area contributed by atoms with Crippen LogP contribution >= 0.6 is 0 Å². The Hall–Kier alpha value is -2.15. The van der Waals surface area contributed by atoms with E-state index in [0.717, 1.165) is 19.3 Å². The van der Waals surface area contributed by atoms with Crippen LogP contribution in [0.3, 0.4) is 0 Å². The van der Waals surface area contributed by atoms with Gasteiger partial charge in [-0.3, -0.25) is 4.79 Å². The van der Waals surface area contributed by atoms with E-state index >= 15 is 0 Å². The van der Waals surface area contributed by atoms with Crippen LogP contribution in [0.25, 0.3) is 5.69 Å². The molecule has 0 aliphatic heterocycles. The summed E-state index contributed by atoms with van der Waals surface area (Å²) in [5.74, 6) is -0.140. The lowest BCUT2D eigenvalue weighted by molar-refractivity contribution is 0.0934. The molecule has 2 aromatic rings. The number of carbonyl (C=O) groups is 1. The second-order valence-electron chi connectivity index (χ2n) is 5.02. The molecule has 0 saturated heterocycles. The molecular weight excluding hydrogens is 286 g/mol. The van der Waals surface area contributed by atoms with Crippen LogP contribution in [-0.2, 0) is 12.4 Å². The largest absolute Gasteiger partial charge is 0.347 e. The molecule has 0 unspecified atom stereocenters. The molecule has 1 heterocycles. The van der Waals surface area contributed by atoms with Gasteiger partial charge >= 0.3 is 0 Å². The Kier molecular flexibility index (Phi) is 4.01. The molecule has 1 aliphatic carbocycles. The molecule has 1 aliphatic rings. The standard InChI is InChI=1S/C14H15N5OS/c20-14(17-11-5-3-6-12(11)18-21)10-4-1-2-7-13(10)19-15-8-9-16-19/h1-2,4,7-9,11-12H,3,5-6H2,(H,17,20)/t11-,12-/m0/s1. The lowest BCUT2D eigenvalue weighted by Crippen LogP contribution is -2.39. The zero-order chi connectivity index (χ0) is 14.7. The number of nitrogens with one attached hydrogen (secondary N) is 1. The average Bonchev–Trinajstić information content (AvgIpc) is 3.18. The maximum Gasteiger partial charge on any atom is 0.253 e. The Balaban J connectivity index is 1.84. The Labute approximate surface area is 127 Å². The van der Waals surface area contributed by atoms with Crippen molar-refractivity contribution in [3.8, 4) is 5.69 Å². The van der Waals surface area contributed by atoms with Gasteiger partial charge in [0.05, 0.1) is 35.7 Å². The van der Waals surface area contributed by atoms with Gasteiger partial charge in [-0.25, -0.2) is 4.36 Å². The highest BCUT2D eigenvalue weighted by molar-refractivity contribution is 7.47. The molecule has 1 fully saturated rings. The van der Waals surface area contributed by atoms with Crippen LogP contribution in [0.15, 0.2) is 41.0 Å². The summed E-state index contributed by atoms with van der Waals surface area (Å²) in [7, 11) is 0. The van der Waals surface area contributed by atoms with Crippen LogP contribution in [-0.4, -0.2) is 33.0 Å². The molecule has 2 atom stereocenters. The zero-order valence-corrected chi connectivity index (χ0v) is 12.2. The Morgan fingerprint density at radius 3 is 2.81 bits per heavy atom. The molecule has 1 amide bonds. The fourth-order valence-electron chi connectivity index (χ4n) is 2.66. The van der Waals surface area contributed by atoms with Crippen molar-refractivity contribution in [2.75, 3.05) is 0 Å². The number of para-hydroxylation sites is 1. The van der Waals surface area contributed by atoms with Gasteiger partial charge in [-0.2, -0.15) is 15.0 Å². The van der Waals surface area contributed by atoms with E-state index in [1.54, 1.807) is 18.5 Å². The minimum absolute atomic E-state index is 0.0219. The van der Waals surface area contributed by atoms with Gasteiger partial charge in [0.2, 0.25) is 0 Å². The molecule has 21 heavy (non-hydrogen) atoms. The highest BCUT2D eigenvalue weighted by atomic mass is 32.1. The van der Waals surface area contributed by atoms with Crippen molar-refractivity contribution in [3.05, 3.63) is 42.2 Å². The highest BCUT2D eigenvalue weighted by Gasteiger charge is 2.29. The van der Waals surface area contributed by atoms with Crippen LogP contribution in [0.4, 0.5) is 0 Å². The number of benzene rings is 1. The summed E-state index contributed by atoms with van der Waals surface area (Å²) in [5, 5.41) is 11.2. The third-order valence-corrected chi connectivity index (χ3v) is 3.99. The fraction of sp³-hybridized carbons (Fsp3) is 0.357. The summed E-state index contributed by atoms with van der Waals surface area (Å²) in [5.41, 5.74) is 1.20. The van der Waals surface area contributed by atoms with Gasteiger partial charge in [0, 0.05) is 12.4 Å². The van der Waals surface area contributed by atoms with Gasteiger partial charge < -0.3 is 5.32 Å². The Bertz CT molecular complexity index is 643. The van der Waals surface area contributed by atoms with Crippen molar-refractivity contribution in [1.29, 1.82) is 0 Å². The first-order valence-electron chi connectivity index (χ1n) is 6.88. The van der Waals surface area contributed by atoms with Gasteiger partial charge in [-0.1, -0.05) is 12.1 Å². The van der Waals surface area contributed by atoms with Gasteiger partial charge in [0.25, 0.3) is 5.91 Å². The van der Waals surface area contributed by atoms with E-state index in [-0.39, 0.29) is 18.0 Å². The number of rotatable bonds is 4. The van der Waals surface area contributed by atoms with Crippen LogP contribution in [0.2, 0.25) is 0 Å². The van der Waals surface area contributed by atoms with Crippen LogP contribution in [0, 0.1) is 0 Å². The van der Waals surface area contributed by atoms with E-state index in [1.165, 1.54) is 4.80 Å². The minimum atomic E-state index is -0.140. The van der Waals surface area contributed by atoms with Crippen molar-refractivity contribution in [2.45, 2.75) is 31.3 Å². The van der Waals surface area contributed by atoms with E-state index in [1.807, 2.05) is 18.2 Å². The van der Waals surface area contributed by atoms with E-state index in [4.69, 9.17) is 12.4 Å². The van der Waals surface area contributed by atoms with Crippen LogP contribution in [0.1, 0.15) is 29.6 Å². The smallest absolute Gasteiger partial charge is 0.253 e. The number of carbonyl (C=O) groups excluding carboxylic acids is 1. The summed E-state index contributed by atoms with van der Waals surface area (Å²) in [6.07, 6.45) is 6.06. The van der Waals surface area contributed by atoms with Crippen molar-refractivity contribution in [2.24, 2.45) is 4.36 Å². The summed E-state index contributed by atoms with van der Waals surface area (Å²) >= 11 is 4.80. The lowest BCUT2D eigenvalue weighted by atomic mass is 10.1. The maximum atomic E-state index is 12.5. The number of hydrogen-bond acceptors (Lipinski definition) is 5. The molecule has 1 saturated carbocycles. The summed E-state index contributed by atoms with van der Waals surface area (Å²) in [4.78, 5) is 14.0. The molecule has 1 aromatic carbocycles. The SMILES string of the molecule is O=C(N[C@H]1CCC[C@@H]1N=S)c1ccccc1-n1nccn1. The molecular formula is C14H15N5OS. The van der Waals surface area contributed by atoms with Crippen LogP contribution < -0.4 is 5.32 Å². The number of hydrogen-bond donors (Lipinski definition) is 1. The predicted molar refractivity (Wildman–Crippen MR) is 80.0 cm³/mol. The normalized spacial score (nSPS) is 21.1. The quantitative estimate of drug-likeness (QED) is 0.932. The first-order chi connectivity index (χ1) is 10.3. The molecule has 0 radical (unpaired) electrons. The monoisotopic (exact) mass is 301 g/mol. The average molecular weight is 301 g/mol. The molecule has 7 heteroatoms. The fourth-order valence-corrected chi connectivity index (χ4v) is 2.91. The molecule has 0 bridgehead atoms. The van der Waals surface area contributed by atoms with Crippen LogP contribution in [0.5, 0.6) is 0 Å². The first-order valence-corrected chi connectivity index (χ1v) is 7.25. The summed E-state index contributed by atoms with van der Waals surface area (Å²) in [6.45, 7) is 0. The van der Waals surface area contributed by atoms with Gasteiger partial charge in [-0.15, -0.1) is 0 Å². The lowest BCUT2D eigenvalue weighted by Gasteiger charge is -2.17. The van der Waals surface area contributed by atoms with Crippen molar-refractivity contribution >= 4 is 18.3 Å². The second-order valence-corrected chi connectivity index (χ2v) is 5.23. The molecule has 1 N–H and O–H groups in total. The molecule has 1 aromatic heterocycles. The third kappa shape index (κ3) is 2.82. The van der Waals surface area contributed by atoms with Crippen molar-refractivity contribution in [3.63, 3.8) is 0 Å². The van der Waals surface area contributed by atoms with Crippen molar-refractivity contribution < 1.29 is 4.79 Å². The Morgan fingerprint density at radius 1 is 1.29 bits per heavy atom. The van der Waals surface area contributed by atoms with Gasteiger partial charge in [-0.05, 0) is 31.4 Å². The molecule has 3 rings (SSSR count). The molecule has 108 valence electrons. The minimum Gasteiger partial charge on any atom is -0.347 e. The van der Waals surface area contributed by atoms with Crippen molar-refractivity contribution in [1.82, 2.24) is 20.3 Å². The topological polar surface area (TPSA) is 72.2 Å². The predicted octanol–water partition coefficient (Wildman–Crippen LogP) is 1.65. The number of aromatic nitrogens is 3. The number of amides is 1. The maximum absolute atomic E-state index is 12.5. The van der Waals surface area contributed by atoms with Gasteiger partial charge in [0.1, 0.15) is 0 Å². The van der Waals surface area contributed by atoms with E-state index < -0.39 is 0 Å². The third-order valence-electron chi connectivity index (χ3n) is 3.71. The van der Waals surface area contributed by atoms with Gasteiger partial charge in [0.15, 0.2) is 0 Å². The van der Waals surface area contributed by atoms with E-state index in [2.05, 4.69) is 19.9 Å². The van der Waals surface area contributed by atoms with E-state index in [9.17, 15) is 4.79 Å². The van der Waals surface area contributed by atoms with E-state index in [0.29, 0.717) is 11.3 Å². The molecule has 0 spiro atoms.